The normalized spacial score (nSPS) is 16.2. The summed E-state index contributed by atoms with van der Waals surface area (Å²) in [6.45, 7) is 9.95. The van der Waals surface area contributed by atoms with Gasteiger partial charge in [-0.25, -0.2) is 9.98 Å². The highest BCUT2D eigenvalue weighted by atomic mass is 127. The number of aromatic nitrogens is 1. The molecule has 0 spiro atoms. The van der Waals surface area contributed by atoms with E-state index in [4.69, 9.17) is 14.5 Å². The summed E-state index contributed by atoms with van der Waals surface area (Å²) in [5.74, 6) is 1.73. The van der Waals surface area contributed by atoms with E-state index in [9.17, 15) is 0 Å². The number of nitrogens with zero attached hydrogens (tertiary/aromatic N) is 2. The average molecular weight is 545 g/mol. The molecule has 2 heterocycles. The van der Waals surface area contributed by atoms with Crippen LogP contribution in [0.3, 0.4) is 0 Å². The standard InChI is InChI=1S/C22H32N4O2S.HI/c1-4-19-14-25-21(29-19)8-10-24-22(23-5-2)26-13-17-7-6-16(3)12-20(17)28-18-9-11-27-15-18;/h6-7,12,14,18H,4-5,8-11,13,15H2,1-3H3,(H2,23,24,26);1H. The third-order valence-electron chi connectivity index (χ3n) is 4.74. The van der Waals surface area contributed by atoms with E-state index in [2.05, 4.69) is 54.6 Å². The number of halogens is 1. The summed E-state index contributed by atoms with van der Waals surface area (Å²) >= 11 is 1.79. The van der Waals surface area contributed by atoms with Gasteiger partial charge in [0.15, 0.2) is 5.96 Å². The predicted octanol–water partition coefficient (Wildman–Crippen LogP) is 4.10. The molecule has 0 radical (unpaired) electrons. The zero-order valence-corrected chi connectivity index (χ0v) is 21.2. The summed E-state index contributed by atoms with van der Waals surface area (Å²) in [6, 6.07) is 6.31. The first-order valence-corrected chi connectivity index (χ1v) is 11.3. The first kappa shape index (κ1) is 24.9. The molecule has 0 aliphatic carbocycles. The van der Waals surface area contributed by atoms with Crippen molar-refractivity contribution >= 4 is 41.3 Å². The van der Waals surface area contributed by atoms with Crippen molar-refractivity contribution in [3.63, 3.8) is 0 Å². The Kier molecular flexibility index (Phi) is 10.9. The molecule has 6 nitrogen and oxygen atoms in total. The Morgan fingerprint density at radius 3 is 2.90 bits per heavy atom. The summed E-state index contributed by atoms with van der Waals surface area (Å²) in [5.41, 5.74) is 2.28. The minimum Gasteiger partial charge on any atom is -0.488 e. The van der Waals surface area contributed by atoms with E-state index in [1.807, 2.05) is 6.20 Å². The van der Waals surface area contributed by atoms with Crippen molar-refractivity contribution in [1.82, 2.24) is 15.6 Å². The van der Waals surface area contributed by atoms with Crippen LogP contribution in [0.2, 0.25) is 0 Å². The quantitative estimate of drug-likeness (QED) is 0.283. The van der Waals surface area contributed by atoms with Gasteiger partial charge in [0.05, 0.1) is 24.8 Å². The minimum absolute atomic E-state index is 0. The number of thiazole rings is 1. The van der Waals surface area contributed by atoms with E-state index in [0.29, 0.717) is 13.2 Å². The van der Waals surface area contributed by atoms with Crippen LogP contribution in [0.1, 0.15) is 41.3 Å². The first-order valence-electron chi connectivity index (χ1n) is 10.5. The zero-order chi connectivity index (χ0) is 20.5. The number of aliphatic imine (C=N–C) groups is 1. The van der Waals surface area contributed by atoms with Crippen molar-refractivity contribution in [3.05, 3.63) is 45.4 Å². The Hall–Kier alpha value is -1.39. The molecule has 8 heteroatoms. The molecule has 1 unspecified atom stereocenters. The summed E-state index contributed by atoms with van der Waals surface area (Å²) in [4.78, 5) is 10.6. The monoisotopic (exact) mass is 544 g/mol. The van der Waals surface area contributed by atoms with Gasteiger partial charge in [-0.05, 0) is 31.9 Å². The van der Waals surface area contributed by atoms with Crippen molar-refractivity contribution in [3.8, 4) is 5.75 Å². The molecule has 166 valence electrons. The molecule has 1 atom stereocenters. The minimum atomic E-state index is 0. The smallest absolute Gasteiger partial charge is 0.191 e. The number of hydrogen-bond acceptors (Lipinski definition) is 5. The SMILES string of the molecule is CCNC(=NCc1ccc(C)cc1OC1CCOC1)NCCc1ncc(CC)s1.I. The molecule has 1 aromatic heterocycles. The molecule has 1 aliphatic rings. The largest absolute Gasteiger partial charge is 0.488 e. The number of nitrogens with one attached hydrogen (secondary N) is 2. The van der Waals surface area contributed by atoms with Gasteiger partial charge in [-0.1, -0.05) is 19.1 Å². The van der Waals surface area contributed by atoms with Crippen LogP contribution in [0, 0.1) is 6.92 Å². The fraction of sp³-hybridized carbons (Fsp3) is 0.545. The number of ether oxygens (including phenoxy) is 2. The number of guanidine groups is 1. The van der Waals surface area contributed by atoms with Gasteiger partial charge >= 0.3 is 0 Å². The van der Waals surface area contributed by atoms with Gasteiger partial charge in [0.1, 0.15) is 11.9 Å². The Labute approximate surface area is 200 Å². The van der Waals surface area contributed by atoms with E-state index >= 15 is 0 Å². The highest BCUT2D eigenvalue weighted by Gasteiger charge is 2.18. The summed E-state index contributed by atoms with van der Waals surface area (Å²) < 4.78 is 11.6. The summed E-state index contributed by atoms with van der Waals surface area (Å²) in [6.07, 6.45) is 5.00. The number of hydrogen-bond donors (Lipinski definition) is 2. The molecule has 0 bridgehead atoms. The second-order valence-electron chi connectivity index (χ2n) is 7.16. The van der Waals surface area contributed by atoms with Crippen LogP contribution in [0.5, 0.6) is 5.75 Å². The van der Waals surface area contributed by atoms with Gasteiger partial charge in [-0.2, -0.15) is 0 Å². The Bertz CT molecular complexity index is 806. The molecule has 0 amide bonds. The second-order valence-corrected chi connectivity index (χ2v) is 8.36. The molecule has 1 fully saturated rings. The van der Waals surface area contributed by atoms with Crippen LogP contribution in [-0.4, -0.2) is 43.4 Å². The lowest BCUT2D eigenvalue weighted by molar-refractivity contribution is 0.140. The van der Waals surface area contributed by atoms with Crippen LogP contribution in [-0.2, 0) is 24.1 Å². The maximum Gasteiger partial charge on any atom is 0.191 e. The summed E-state index contributed by atoms with van der Waals surface area (Å²) in [5, 5.41) is 7.90. The van der Waals surface area contributed by atoms with Gasteiger partial charge in [0.2, 0.25) is 0 Å². The van der Waals surface area contributed by atoms with E-state index in [-0.39, 0.29) is 30.1 Å². The molecule has 1 aromatic carbocycles. The Morgan fingerprint density at radius 1 is 1.33 bits per heavy atom. The molecule has 1 aliphatic heterocycles. The molecule has 1 saturated heterocycles. The van der Waals surface area contributed by atoms with Crippen molar-refractivity contribution in [2.75, 3.05) is 26.3 Å². The number of rotatable bonds is 9. The number of benzene rings is 1. The van der Waals surface area contributed by atoms with Crippen LogP contribution in [0.25, 0.3) is 0 Å². The fourth-order valence-electron chi connectivity index (χ4n) is 3.11. The predicted molar refractivity (Wildman–Crippen MR) is 134 cm³/mol. The third kappa shape index (κ3) is 7.70. The van der Waals surface area contributed by atoms with Crippen LogP contribution in [0.15, 0.2) is 29.4 Å². The molecular formula is C22H33IN4O2S. The zero-order valence-electron chi connectivity index (χ0n) is 18.1. The first-order chi connectivity index (χ1) is 14.2. The van der Waals surface area contributed by atoms with Crippen molar-refractivity contribution in [1.29, 1.82) is 0 Å². The summed E-state index contributed by atoms with van der Waals surface area (Å²) in [7, 11) is 0. The second kappa shape index (κ2) is 13.1. The molecule has 0 saturated carbocycles. The van der Waals surface area contributed by atoms with Crippen LogP contribution >= 0.6 is 35.3 Å². The topological polar surface area (TPSA) is 67.8 Å². The van der Waals surface area contributed by atoms with E-state index < -0.39 is 0 Å². The van der Waals surface area contributed by atoms with Gasteiger partial charge in [0, 0.05) is 42.6 Å². The molecule has 30 heavy (non-hydrogen) atoms. The average Bonchev–Trinajstić information content (AvgIpc) is 3.39. The van der Waals surface area contributed by atoms with Gasteiger partial charge in [-0.3, -0.25) is 0 Å². The van der Waals surface area contributed by atoms with Gasteiger partial charge in [0.25, 0.3) is 0 Å². The molecule has 3 rings (SSSR count). The van der Waals surface area contributed by atoms with Gasteiger partial charge in [-0.15, -0.1) is 35.3 Å². The Morgan fingerprint density at radius 2 is 2.20 bits per heavy atom. The van der Waals surface area contributed by atoms with Crippen molar-refractivity contribution < 1.29 is 9.47 Å². The third-order valence-corrected chi connectivity index (χ3v) is 5.94. The Balaban J connectivity index is 0.00000320. The maximum absolute atomic E-state index is 6.19. The lowest BCUT2D eigenvalue weighted by Gasteiger charge is -2.16. The lowest BCUT2D eigenvalue weighted by atomic mass is 10.1. The van der Waals surface area contributed by atoms with Gasteiger partial charge < -0.3 is 20.1 Å². The highest BCUT2D eigenvalue weighted by Crippen LogP contribution is 2.24. The van der Waals surface area contributed by atoms with Crippen molar-refractivity contribution in [2.45, 2.75) is 52.7 Å². The lowest BCUT2D eigenvalue weighted by Crippen LogP contribution is -2.38. The maximum atomic E-state index is 6.19. The van der Waals surface area contributed by atoms with E-state index in [1.54, 1.807) is 11.3 Å². The molecule has 2 N–H and O–H groups in total. The van der Waals surface area contributed by atoms with E-state index in [1.165, 1.54) is 15.4 Å². The molecule has 2 aromatic rings. The van der Waals surface area contributed by atoms with Crippen LogP contribution < -0.4 is 15.4 Å². The van der Waals surface area contributed by atoms with E-state index in [0.717, 1.165) is 56.2 Å². The van der Waals surface area contributed by atoms with Crippen molar-refractivity contribution in [2.24, 2.45) is 4.99 Å². The van der Waals surface area contributed by atoms with Crippen LogP contribution in [0.4, 0.5) is 0 Å². The molecular weight excluding hydrogens is 511 g/mol. The number of aryl methyl sites for hydroxylation is 2. The highest BCUT2D eigenvalue weighted by molar-refractivity contribution is 14.0. The fourth-order valence-corrected chi connectivity index (χ4v) is 3.97.